The zero-order chi connectivity index (χ0) is 19.5. The minimum Gasteiger partial charge on any atom is -0.455 e. The van der Waals surface area contributed by atoms with Crippen LogP contribution in [0.25, 0.3) is 0 Å². The van der Waals surface area contributed by atoms with Gasteiger partial charge in [0.15, 0.2) is 5.76 Å². The number of nitrogens with one attached hydrogen (secondary N) is 1. The number of likely N-dealkylation sites (tertiary alicyclic amines) is 1. The van der Waals surface area contributed by atoms with Crippen molar-refractivity contribution in [3.05, 3.63) is 58.5 Å². The first-order valence-electron chi connectivity index (χ1n) is 9.94. The first-order chi connectivity index (χ1) is 13.6. The fourth-order valence-corrected chi connectivity index (χ4v) is 4.00. The lowest BCUT2D eigenvalue weighted by Gasteiger charge is -2.14. The second-order valence-electron chi connectivity index (χ2n) is 7.46. The van der Waals surface area contributed by atoms with Gasteiger partial charge in [-0.2, -0.15) is 5.10 Å². The van der Waals surface area contributed by atoms with Gasteiger partial charge in [-0.1, -0.05) is 30.3 Å². The molecule has 1 aromatic heterocycles. The molecule has 1 aliphatic carbocycles. The standard InChI is InChI=1S/C22H25N3O3/c1-15-20-17(23-24-19(26)14-16-8-3-2-4-9-16)10-7-11-18(20)28-21(15)22(27)25-12-5-6-13-25/h2-4,8-9H,5-7,10-14H2,1H3,(H,24,26)/b23-17+. The number of furan rings is 1. The maximum Gasteiger partial charge on any atom is 0.289 e. The van der Waals surface area contributed by atoms with E-state index in [9.17, 15) is 9.59 Å². The molecule has 0 atom stereocenters. The van der Waals surface area contributed by atoms with E-state index in [1.165, 1.54) is 0 Å². The fourth-order valence-electron chi connectivity index (χ4n) is 4.00. The third kappa shape index (κ3) is 3.72. The van der Waals surface area contributed by atoms with E-state index >= 15 is 0 Å². The van der Waals surface area contributed by atoms with Gasteiger partial charge < -0.3 is 9.32 Å². The molecule has 4 rings (SSSR count). The number of hydrazone groups is 1. The summed E-state index contributed by atoms with van der Waals surface area (Å²) in [6.45, 7) is 3.50. The SMILES string of the molecule is Cc1c(C(=O)N2CCCC2)oc2c1/C(=N/NC(=O)Cc1ccccc1)CCC2. The summed E-state index contributed by atoms with van der Waals surface area (Å²) in [6.07, 6.45) is 4.83. The molecule has 1 N–H and O–H groups in total. The van der Waals surface area contributed by atoms with Gasteiger partial charge in [0.25, 0.3) is 5.91 Å². The van der Waals surface area contributed by atoms with Gasteiger partial charge in [0.05, 0.1) is 12.1 Å². The minimum absolute atomic E-state index is 0.0307. The van der Waals surface area contributed by atoms with Crippen molar-refractivity contribution in [1.29, 1.82) is 0 Å². The van der Waals surface area contributed by atoms with Crippen LogP contribution in [0.15, 0.2) is 39.9 Å². The van der Waals surface area contributed by atoms with Crippen LogP contribution in [0.1, 0.15) is 58.7 Å². The third-order valence-corrected chi connectivity index (χ3v) is 5.44. The lowest BCUT2D eigenvalue weighted by atomic mass is 9.93. The van der Waals surface area contributed by atoms with E-state index in [-0.39, 0.29) is 18.2 Å². The van der Waals surface area contributed by atoms with E-state index in [1.54, 1.807) is 0 Å². The highest BCUT2D eigenvalue weighted by molar-refractivity contribution is 6.06. The zero-order valence-corrected chi connectivity index (χ0v) is 16.2. The van der Waals surface area contributed by atoms with Crippen molar-refractivity contribution < 1.29 is 14.0 Å². The Bertz CT molecular complexity index is 909. The lowest BCUT2D eigenvalue weighted by Crippen LogP contribution is -2.27. The van der Waals surface area contributed by atoms with Gasteiger partial charge in [0, 0.05) is 30.6 Å². The molecule has 0 radical (unpaired) electrons. The number of amides is 2. The summed E-state index contributed by atoms with van der Waals surface area (Å²) in [7, 11) is 0. The van der Waals surface area contributed by atoms with Crippen molar-refractivity contribution in [3.63, 3.8) is 0 Å². The molecule has 0 saturated carbocycles. The summed E-state index contributed by atoms with van der Waals surface area (Å²) in [6, 6.07) is 9.59. The molecule has 1 aromatic carbocycles. The number of rotatable bonds is 4. The maximum absolute atomic E-state index is 12.8. The van der Waals surface area contributed by atoms with E-state index < -0.39 is 0 Å². The van der Waals surface area contributed by atoms with Crippen molar-refractivity contribution in [3.8, 4) is 0 Å². The molecule has 146 valence electrons. The molecule has 2 aromatic rings. The quantitative estimate of drug-likeness (QED) is 0.829. The van der Waals surface area contributed by atoms with Crippen molar-refractivity contribution >= 4 is 17.5 Å². The second-order valence-corrected chi connectivity index (χ2v) is 7.46. The van der Waals surface area contributed by atoms with Gasteiger partial charge in [0.1, 0.15) is 5.76 Å². The summed E-state index contributed by atoms with van der Waals surface area (Å²) < 4.78 is 5.96. The van der Waals surface area contributed by atoms with Gasteiger partial charge in [-0.05, 0) is 38.2 Å². The Morgan fingerprint density at radius 1 is 1.11 bits per heavy atom. The summed E-state index contributed by atoms with van der Waals surface area (Å²) in [5.41, 5.74) is 6.15. The van der Waals surface area contributed by atoms with Crippen LogP contribution in [0, 0.1) is 6.92 Å². The molecule has 0 unspecified atom stereocenters. The molecular weight excluding hydrogens is 354 g/mol. The molecule has 1 saturated heterocycles. The van der Waals surface area contributed by atoms with Crippen molar-refractivity contribution in [2.45, 2.75) is 45.4 Å². The largest absolute Gasteiger partial charge is 0.455 e. The number of carbonyl (C=O) groups excluding carboxylic acids is 2. The van der Waals surface area contributed by atoms with Crippen LogP contribution in [0.3, 0.4) is 0 Å². The summed E-state index contributed by atoms with van der Waals surface area (Å²) in [5.74, 6) is 1.05. The van der Waals surface area contributed by atoms with Crippen LogP contribution in [-0.4, -0.2) is 35.5 Å². The average molecular weight is 379 g/mol. The number of aryl methyl sites for hydroxylation is 1. The normalized spacial score (nSPS) is 17.6. The molecule has 1 fully saturated rings. The Morgan fingerprint density at radius 3 is 2.61 bits per heavy atom. The number of fused-ring (bicyclic) bond motifs is 1. The van der Waals surface area contributed by atoms with Crippen LogP contribution in [0.4, 0.5) is 0 Å². The molecule has 28 heavy (non-hydrogen) atoms. The molecule has 6 nitrogen and oxygen atoms in total. The van der Waals surface area contributed by atoms with Crippen LogP contribution in [0.5, 0.6) is 0 Å². The molecule has 0 bridgehead atoms. The second kappa shape index (κ2) is 8.00. The average Bonchev–Trinajstić information content (AvgIpc) is 3.35. The highest BCUT2D eigenvalue weighted by Crippen LogP contribution is 2.31. The van der Waals surface area contributed by atoms with Crippen LogP contribution in [0.2, 0.25) is 0 Å². The van der Waals surface area contributed by atoms with E-state index in [4.69, 9.17) is 4.42 Å². The first-order valence-corrected chi connectivity index (χ1v) is 9.94. The van der Waals surface area contributed by atoms with E-state index in [0.29, 0.717) is 5.76 Å². The molecule has 1 aliphatic heterocycles. The Balaban J connectivity index is 1.52. The van der Waals surface area contributed by atoms with Crippen molar-refractivity contribution in [2.24, 2.45) is 5.10 Å². The van der Waals surface area contributed by atoms with E-state index in [1.807, 2.05) is 42.2 Å². The lowest BCUT2D eigenvalue weighted by molar-refractivity contribution is -0.120. The summed E-state index contributed by atoms with van der Waals surface area (Å²) >= 11 is 0. The highest BCUT2D eigenvalue weighted by atomic mass is 16.4. The van der Waals surface area contributed by atoms with Gasteiger partial charge in [-0.25, -0.2) is 5.43 Å². The van der Waals surface area contributed by atoms with Crippen LogP contribution in [-0.2, 0) is 17.6 Å². The van der Waals surface area contributed by atoms with Gasteiger partial charge in [-0.15, -0.1) is 0 Å². The molecule has 2 heterocycles. The van der Waals surface area contributed by atoms with Crippen LogP contribution < -0.4 is 5.43 Å². The van der Waals surface area contributed by atoms with Crippen molar-refractivity contribution in [2.75, 3.05) is 13.1 Å². The number of carbonyl (C=O) groups is 2. The highest BCUT2D eigenvalue weighted by Gasteiger charge is 2.31. The molecule has 0 spiro atoms. The summed E-state index contributed by atoms with van der Waals surface area (Å²) in [5, 5.41) is 4.38. The van der Waals surface area contributed by atoms with E-state index in [2.05, 4.69) is 10.5 Å². The monoisotopic (exact) mass is 379 g/mol. The minimum atomic E-state index is -0.152. The number of hydrogen-bond donors (Lipinski definition) is 1. The predicted octanol–water partition coefficient (Wildman–Crippen LogP) is 3.22. The van der Waals surface area contributed by atoms with Crippen LogP contribution >= 0.6 is 0 Å². The Morgan fingerprint density at radius 2 is 1.86 bits per heavy atom. The van der Waals surface area contributed by atoms with Gasteiger partial charge >= 0.3 is 0 Å². The number of nitrogens with zero attached hydrogens (tertiary/aromatic N) is 2. The Kier molecular flexibility index (Phi) is 5.28. The Labute approximate surface area is 164 Å². The van der Waals surface area contributed by atoms with Gasteiger partial charge in [-0.3, -0.25) is 9.59 Å². The maximum atomic E-state index is 12.8. The molecule has 2 aliphatic rings. The first kappa shape index (κ1) is 18.5. The summed E-state index contributed by atoms with van der Waals surface area (Å²) in [4.78, 5) is 26.9. The smallest absolute Gasteiger partial charge is 0.289 e. The molecule has 2 amide bonds. The zero-order valence-electron chi connectivity index (χ0n) is 16.2. The fraction of sp³-hybridized carbons (Fsp3) is 0.409. The third-order valence-electron chi connectivity index (χ3n) is 5.44. The van der Waals surface area contributed by atoms with Crippen molar-refractivity contribution in [1.82, 2.24) is 10.3 Å². The predicted molar refractivity (Wildman–Crippen MR) is 106 cm³/mol. The Hall–Kier alpha value is -2.89. The van der Waals surface area contributed by atoms with E-state index in [0.717, 1.165) is 73.4 Å². The number of hydrogen-bond acceptors (Lipinski definition) is 4. The van der Waals surface area contributed by atoms with Gasteiger partial charge in [0.2, 0.25) is 5.91 Å². The number of benzene rings is 1. The molecular formula is C22H25N3O3. The topological polar surface area (TPSA) is 74.9 Å². The molecule has 6 heteroatoms.